The van der Waals surface area contributed by atoms with E-state index in [0.29, 0.717) is 0 Å². The molecular formula is C12H15NO2S. The van der Waals surface area contributed by atoms with Crippen molar-refractivity contribution in [3.8, 4) is 0 Å². The average Bonchev–Trinajstić information content (AvgIpc) is 2.17. The third-order valence-corrected chi connectivity index (χ3v) is 4.57. The van der Waals surface area contributed by atoms with Gasteiger partial charge >= 0.3 is 5.97 Å². The number of carbonyl (C=O) groups is 1. The van der Waals surface area contributed by atoms with Crippen LogP contribution in [0.5, 0.6) is 0 Å². The summed E-state index contributed by atoms with van der Waals surface area (Å²) in [4.78, 5) is 11.9. The Morgan fingerprint density at radius 2 is 2.25 bits per heavy atom. The molecule has 1 fully saturated rings. The molecule has 1 aromatic carbocycles. The fourth-order valence-electron chi connectivity index (χ4n) is 1.81. The first-order chi connectivity index (χ1) is 7.59. The lowest BCUT2D eigenvalue weighted by Crippen LogP contribution is -2.35. The number of aryl methyl sites for hydroxylation is 1. The molecule has 1 aliphatic carbocycles. The molecular weight excluding hydrogens is 222 g/mol. The van der Waals surface area contributed by atoms with Crippen LogP contribution in [0.4, 0.5) is 5.69 Å². The molecule has 0 spiro atoms. The molecule has 0 aromatic heterocycles. The van der Waals surface area contributed by atoms with E-state index in [4.69, 9.17) is 10.8 Å². The molecule has 0 saturated heterocycles. The second-order valence-corrected chi connectivity index (χ2v) is 5.45. The predicted octanol–water partition coefficient (Wildman–Crippen LogP) is 2.53. The Labute approximate surface area is 99.0 Å². The second kappa shape index (κ2) is 4.37. The standard InChI is InChI=1S/C12H15NO2S/c1-7-3-2-4-10(11(7)13)16-9-6-5-8(9)12(14)15/h2-4,8-9H,5-6,13H2,1H3,(H,14,15). The summed E-state index contributed by atoms with van der Waals surface area (Å²) in [5.74, 6) is -0.889. The highest BCUT2D eigenvalue weighted by molar-refractivity contribution is 8.00. The van der Waals surface area contributed by atoms with Crippen molar-refractivity contribution in [2.75, 3.05) is 5.73 Å². The lowest BCUT2D eigenvalue weighted by Gasteiger charge is -2.33. The van der Waals surface area contributed by atoms with Crippen LogP contribution in [0, 0.1) is 12.8 Å². The van der Waals surface area contributed by atoms with Crippen LogP contribution in [0.3, 0.4) is 0 Å². The van der Waals surface area contributed by atoms with Crippen LogP contribution in [-0.2, 0) is 4.79 Å². The van der Waals surface area contributed by atoms with Gasteiger partial charge in [0, 0.05) is 15.8 Å². The summed E-state index contributed by atoms with van der Waals surface area (Å²) in [6.07, 6.45) is 1.76. The van der Waals surface area contributed by atoms with E-state index in [9.17, 15) is 4.79 Å². The smallest absolute Gasteiger partial charge is 0.307 e. The van der Waals surface area contributed by atoms with Gasteiger partial charge in [-0.05, 0) is 31.4 Å². The number of rotatable bonds is 3. The molecule has 4 heteroatoms. The van der Waals surface area contributed by atoms with Crippen molar-refractivity contribution in [3.05, 3.63) is 23.8 Å². The molecule has 16 heavy (non-hydrogen) atoms. The summed E-state index contributed by atoms with van der Waals surface area (Å²) < 4.78 is 0. The van der Waals surface area contributed by atoms with E-state index < -0.39 is 5.97 Å². The number of anilines is 1. The zero-order valence-corrected chi connectivity index (χ0v) is 9.96. The Morgan fingerprint density at radius 1 is 1.50 bits per heavy atom. The molecule has 0 heterocycles. The number of carboxylic acid groups (broad SMARTS) is 1. The quantitative estimate of drug-likeness (QED) is 0.793. The van der Waals surface area contributed by atoms with Crippen molar-refractivity contribution in [1.82, 2.24) is 0 Å². The largest absolute Gasteiger partial charge is 0.481 e. The third-order valence-electron chi connectivity index (χ3n) is 3.09. The maximum absolute atomic E-state index is 10.9. The number of para-hydroxylation sites is 1. The topological polar surface area (TPSA) is 63.3 Å². The first-order valence-corrected chi connectivity index (χ1v) is 6.22. The highest BCUT2D eigenvalue weighted by Crippen LogP contribution is 2.43. The fraction of sp³-hybridized carbons (Fsp3) is 0.417. The number of carboxylic acids is 1. The molecule has 1 aliphatic rings. The normalized spacial score (nSPS) is 23.8. The van der Waals surface area contributed by atoms with Gasteiger partial charge in [0.25, 0.3) is 0 Å². The van der Waals surface area contributed by atoms with E-state index in [2.05, 4.69) is 0 Å². The fourth-order valence-corrected chi connectivity index (χ4v) is 3.25. The van der Waals surface area contributed by atoms with Gasteiger partial charge in [0.05, 0.1) is 5.92 Å². The molecule has 2 unspecified atom stereocenters. The SMILES string of the molecule is Cc1cccc(SC2CCC2C(=O)O)c1N. The molecule has 2 atom stereocenters. The molecule has 1 saturated carbocycles. The van der Waals surface area contributed by atoms with E-state index in [1.807, 2.05) is 25.1 Å². The Kier molecular flexibility index (Phi) is 3.10. The van der Waals surface area contributed by atoms with Gasteiger partial charge in [0.1, 0.15) is 0 Å². The van der Waals surface area contributed by atoms with Gasteiger partial charge < -0.3 is 10.8 Å². The number of hydrogen-bond donors (Lipinski definition) is 2. The molecule has 3 N–H and O–H groups in total. The summed E-state index contributed by atoms with van der Waals surface area (Å²) in [5, 5.41) is 9.14. The van der Waals surface area contributed by atoms with Crippen molar-refractivity contribution in [2.24, 2.45) is 5.92 Å². The molecule has 0 bridgehead atoms. The van der Waals surface area contributed by atoms with E-state index in [-0.39, 0.29) is 11.2 Å². The van der Waals surface area contributed by atoms with Crippen LogP contribution >= 0.6 is 11.8 Å². The number of hydrogen-bond acceptors (Lipinski definition) is 3. The zero-order chi connectivity index (χ0) is 11.7. The predicted molar refractivity (Wildman–Crippen MR) is 65.6 cm³/mol. The van der Waals surface area contributed by atoms with Crippen molar-refractivity contribution < 1.29 is 9.90 Å². The van der Waals surface area contributed by atoms with E-state index in [1.54, 1.807) is 11.8 Å². The maximum Gasteiger partial charge on any atom is 0.307 e. The van der Waals surface area contributed by atoms with Gasteiger partial charge in [-0.2, -0.15) is 0 Å². The van der Waals surface area contributed by atoms with Gasteiger partial charge in [-0.1, -0.05) is 12.1 Å². The van der Waals surface area contributed by atoms with Crippen molar-refractivity contribution in [1.29, 1.82) is 0 Å². The first-order valence-electron chi connectivity index (χ1n) is 5.34. The summed E-state index contributed by atoms with van der Waals surface area (Å²) >= 11 is 1.60. The van der Waals surface area contributed by atoms with Gasteiger partial charge in [-0.25, -0.2) is 0 Å². The maximum atomic E-state index is 10.9. The Balaban J connectivity index is 2.10. The Morgan fingerprint density at radius 3 is 2.81 bits per heavy atom. The number of benzene rings is 1. The number of nitrogen functional groups attached to an aromatic ring is 1. The van der Waals surface area contributed by atoms with E-state index >= 15 is 0 Å². The summed E-state index contributed by atoms with van der Waals surface area (Å²) in [6, 6.07) is 5.89. The molecule has 0 amide bonds. The van der Waals surface area contributed by atoms with Crippen LogP contribution < -0.4 is 5.73 Å². The summed E-state index contributed by atoms with van der Waals surface area (Å²) in [7, 11) is 0. The lowest BCUT2D eigenvalue weighted by atomic mass is 9.85. The van der Waals surface area contributed by atoms with Crippen molar-refractivity contribution >= 4 is 23.4 Å². The number of nitrogens with two attached hydrogens (primary N) is 1. The van der Waals surface area contributed by atoms with Crippen LogP contribution in [0.15, 0.2) is 23.1 Å². The Bertz CT molecular complexity index is 419. The molecule has 2 rings (SSSR count). The minimum atomic E-state index is -0.685. The van der Waals surface area contributed by atoms with E-state index in [1.165, 1.54) is 0 Å². The minimum Gasteiger partial charge on any atom is -0.481 e. The second-order valence-electron chi connectivity index (χ2n) is 4.17. The summed E-state index contributed by atoms with van der Waals surface area (Å²) in [6.45, 7) is 1.97. The first kappa shape index (κ1) is 11.3. The van der Waals surface area contributed by atoms with Crippen molar-refractivity contribution in [2.45, 2.75) is 29.9 Å². The van der Waals surface area contributed by atoms with Crippen molar-refractivity contribution in [3.63, 3.8) is 0 Å². The molecule has 1 aromatic rings. The van der Waals surface area contributed by atoms with Crippen LogP contribution in [0.1, 0.15) is 18.4 Å². The van der Waals surface area contributed by atoms with Crippen LogP contribution in [-0.4, -0.2) is 16.3 Å². The highest BCUT2D eigenvalue weighted by Gasteiger charge is 2.37. The molecule has 86 valence electrons. The van der Waals surface area contributed by atoms with Gasteiger partial charge in [-0.15, -0.1) is 11.8 Å². The van der Waals surface area contributed by atoms with Gasteiger partial charge in [0.15, 0.2) is 0 Å². The molecule has 3 nitrogen and oxygen atoms in total. The highest BCUT2D eigenvalue weighted by atomic mass is 32.2. The monoisotopic (exact) mass is 237 g/mol. The van der Waals surface area contributed by atoms with Crippen LogP contribution in [0.25, 0.3) is 0 Å². The van der Waals surface area contributed by atoms with Gasteiger partial charge in [0.2, 0.25) is 0 Å². The van der Waals surface area contributed by atoms with E-state index in [0.717, 1.165) is 29.0 Å². The third kappa shape index (κ3) is 2.02. The minimum absolute atomic E-state index is 0.182. The molecule has 0 aliphatic heterocycles. The lowest BCUT2D eigenvalue weighted by molar-refractivity contribution is -0.144. The summed E-state index contributed by atoms with van der Waals surface area (Å²) in [5.41, 5.74) is 7.80. The number of aliphatic carboxylic acids is 1. The zero-order valence-electron chi connectivity index (χ0n) is 9.14. The van der Waals surface area contributed by atoms with Gasteiger partial charge in [-0.3, -0.25) is 4.79 Å². The average molecular weight is 237 g/mol. The Hall–Kier alpha value is -1.16. The molecule has 0 radical (unpaired) electrons. The van der Waals surface area contributed by atoms with Crippen LogP contribution in [0.2, 0.25) is 0 Å². The number of thioether (sulfide) groups is 1.